The van der Waals surface area contributed by atoms with Crippen molar-refractivity contribution in [2.45, 2.75) is 38.1 Å². The molecule has 2 unspecified atom stereocenters. The van der Waals surface area contributed by atoms with E-state index in [4.69, 9.17) is 16.3 Å². The van der Waals surface area contributed by atoms with Gasteiger partial charge in [0.25, 0.3) is 0 Å². The van der Waals surface area contributed by atoms with E-state index < -0.39 is 0 Å². The SMILES string of the molecule is Clc1ccc(C(c2nnnn2CC2CCCO2)N2CCN(Cc3ccccc3)CC2)cc1. The van der Waals surface area contributed by atoms with Crippen LogP contribution in [0, 0.1) is 0 Å². The highest BCUT2D eigenvalue weighted by Crippen LogP contribution is 2.30. The molecule has 2 aliphatic heterocycles. The van der Waals surface area contributed by atoms with Gasteiger partial charge in [-0.1, -0.05) is 54.1 Å². The minimum atomic E-state index is -0.0115. The second-order valence-electron chi connectivity index (χ2n) is 8.61. The number of halogens is 1. The molecule has 168 valence electrons. The Labute approximate surface area is 193 Å². The molecule has 8 heteroatoms. The zero-order chi connectivity index (χ0) is 21.8. The van der Waals surface area contributed by atoms with Gasteiger partial charge in [0, 0.05) is 44.4 Å². The topological polar surface area (TPSA) is 59.3 Å². The summed E-state index contributed by atoms with van der Waals surface area (Å²) in [5.41, 5.74) is 2.52. The van der Waals surface area contributed by atoms with Gasteiger partial charge in [-0.25, -0.2) is 4.68 Å². The Balaban J connectivity index is 1.35. The number of tetrazole rings is 1. The van der Waals surface area contributed by atoms with Crippen molar-refractivity contribution >= 4 is 11.6 Å². The molecule has 0 amide bonds. The van der Waals surface area contributed by atoms with Crippen molar-refractivity contribution in [1.29, 1.82) is 0 Å². The van der Waals surface area contributed by atoms with Crippen molar-refractivity contribution in [2.75, 3.05) is 32.8 Å². The van der Waals surface area contributed by atoms with Crippen molar-refractivity contribution in [1.82, 2.24) is 30.0 Å². The molecule has 0 spiro atoms. The van der Waals surface area contributed by atoms with Crippen LogP contribution < -0.4 is 0 Å². The first-order chi connectivity index (χ1) is 15.8. The molecular weight excluding hydrogens is 424 g/mol. The van der Waals surface area contributed by atoms with Crippen LogP contribution in [0.1, 0.15) is 35.8 Å². The van der Waals surface area contributed by atoms with Crippen LogP contribution in [0.2, 0.25) is 5.02 Å². The Hall–Kier alpha value is -2.32. The fourth-order valence-electron chi connectivity index (χ4n) is 4.71. The smallest absolute Gasteiger partial charge is 0.173 e. The molecule has 1 aromatic heterocycles. The van der Waals surface area contributed by atoms with Crippen LogP contribution in [0.5, 0.6) is 0 Å². The van der Waals surface area contributed by atoms with Gasteiger partial charge in [-0.05, 0) is 46.5 Å². The van der Waals surface area contributed by atoms with Crippen LogP contribution >= 0.6 is 11.6 Å². The molecule has 3 heterocycles. The standard InChI is InChI=1S/C24H29ClN6O/c25-21-10-8-20(9-11-21)23(24-26-27-28-31(24)18-22-7-4-16-32-22)30-14-12-29(13-15-30)17-19-5-2-1-3-6-19/h1-3,5-6,8-11,22-23H,4,7,12-18H2. The maximum atomic E-state index is 6.19. The number of benzene rings is 2. The van der Waals surface area contributed by atoms with Crippen LogP contribution in [-0.2, 0) is 17.8 Å². The van der Waals surface area contributed by atoms with Gasteiger partial charge in [-0.2, -0.15) is 0 Å². The number of hydrogen-bond acceptors (Lipinski definition) is 6. The predicted octanol–water partition coefficient (Wildman–Crippen LogP) is 3.41. The molecule has 7 nitrogen and oxygen atoms in total. The molecule has 2 aromatic carbocycles. The molecule has 0 N–H and O–H groups in total. The Morgan fingerprint density at radius 1 is 1.00 bits per heavy atom. The third-order valence-corrected chi connectivity index (χ3v) is 6.66. The van der Waals surface area contributed by atoms with Gasteiger partial charge in [0.1, 0.15) is 0 Å². The second-order valence-corrected chi connectivity index (χ2v) is 9.04. The molecule has 3 aromatic rings. The Kier molecular flexibility index (Phi) is 6.78. The van der Waals surface area contributed by atoms with Gasteiger partial charge < -0.3 is 4.74 Å². The summed E-state index contributed by atoms with van der Waals surface area (Å²) >= 11 is 6.19. The van der Waals surface area contributed by atoms with E-state index in [1.807, 2.05) is 16.8 Å². The van der Waals surface area contributed by atoms with E-state index >= 15 is 0 Å². The quantitative estimate of drug-likeness (QED) is 0.547. The first-order valence-corrected chi connectivity index (χ1v) is 11.8. The summed E-state index contributed by atoms with van der Waals surface area (Å²) < 4.78 is 7.78. The minimum absolute atomic E-state index is 0.0115. The molecule has 0 bridgehead atoms. The van der Waals surface area contributed by atoms with Gasteiger partial charge in [0.15, 0.2) is 5.82 Å². The van der Waals surface area contributed by atoms with Gasteiger partial charge in [-0.15, -0.1) is 5.10 Å². The number of ether oxygens (including phenoxy) is 1. The summed E-state index contributed by atoms with van der Waals surface area (Å²) in [4.78, 5) is 5.00. The van der Waals surface area contributed by atoms with E-state index in [9.17, 15) is 0 Å². The number of piperazine rings is 1. The van der Waals surface area contributed by atoms with Crippen LogP contribution in [-0.4, -0.2) is 68.9 Å². The Morgan fingerprint density at radius 3 is 2.50 bits per heavy atom. The Morgan fingerprint density at radius 2 is 1.78 bits per heavy atom. The monoisotopic (exact) mass is 452 g/mol. The van der Waals surface area contributed by atoms with E-state index in [2.05, 4.69) is 67.8 Å². The highest BCUT2D eigenvalue weighted by Gasteiger charge is 2.31. The predicted molar refractivity (Wildman–Crippen MR) is 123 cm³/mol. The van der Waals surface area contributed by atoms with E-state index in [0.29, 0.717) is 6.54 Å². The fourth-order valence-corrected chi connectivity index (χ4v) is 4.83. The summed E-state index contributed by atoms with van der Waals surface area (Å²) in [6.45, 7) is 6.42. The number of hydrogen-bond donors (Lipinski definition) is 0. The fraction of sp³-hybridized carbons (Fsp3) is 0.458. The van der Waals surface area contributed by atoms with Crippen LogP contribution in [0.4, 0.5) is 0 Å². The first-order valence-electron chi connectivity index (χ1n) is 11.4. The average molecular weight is 453 g/mol. The molecule has 2 aliphatic rings. The normalized spacial score (nSPS) is 21.1. The minimum Gasteiger partial charge on any atom is -0.376 e. The summed E-state index contributed by atoms with van der Waals surface area (Å²) in [7, 11) is 0. The second kappa shape index (κ2) is 10.1. The summed E-state index contributed by atoms with van der Waals surface area (Å²) in [5.74, 6) is 0.874. The maximum absolute atomic E-state index is 6.19. The van der Waals surface area contributed by atoms with Crippen molar-refractivity contribution in [2.24, 2.45) is 0 Å². The molecule has 0 radical (unpaired) electrons. The lowest BCUT2D eigenvalue weighted by molar-refractivity contribution is 0.0842. The van der Waals surface area contributed by atoms with Crippen molar-refractivity contribution in [3.05, 3.63) is 76.6 Å². The lowest BCUT2D eigenvalue weighted by Crippen LogP contribution is -2.48. The van der Waals surface area contributed by atoms with E-state index in [-0.39, 0.29) is 12.1 Å². The van der Waals surface area contributed by atoms with Crippen molar-refractivity contribution in [3.63, 3.8) is 0 Å². The van der Waals surface area contributed by atoms with Crippen LogP contribution in [0.3, 0.4) is 0 Å². The molecule has 2 atom stereocenters. The lowest BCUT2D eigenvalue weighted by Gasteiger charge is -2.39. The van der Waals surface area contributed by atoms with Gasteiger partial charge in [-0.3, -0.25) is 9.80 Å². The van der Waals surface area contributed by atoms with Gasteiger partial charge in [0.05, 0.1) is 18.7 Å². The van der Waals surface area contributed by atoms with Gasteiger partial charge >= 0.3 is 0 Å². The molecular formula is C24H29ClN6O. The zero-order valence-electron chi connectivity index (χ0n) is 18.2. The average Bonchev–Trinajstić information content (AvgIpc) is 3.50. The number of nitrogens with zero attached hydrogens (tertiary/aromatic N) is 6. The first kappa shape index (κ1) is 21.5. The highest BCUT2D eigenvalue weighted by atomic mass is 35.5. The maximum Gasteiger partial charge on any atom is 0.173 e. The molecule has 2 fully saturated rings. The molecule has 2 saturated heterocycles. The van der Waals surface area contributed by atoms with Crippen molar-refractivity contribution in [3.8, 4) is 0 Å². The lowest BCUT2D eigenvalue weighted by atomic mass is 10.0. The van der Waals surface area contributed by atoms with Gasteiger partial charge in [0.2, 0.25) is 0 Å². The third-order valence-electron chi connectivity index (χ3n) is 6.41. The number of aromatic nitrogens is 4. The van der Waals surface area contributed by atoms with Crippen LogP contribution in [0.25, 0.3) is 0 Å². The molecule has 0 aliphatic carbocycles. The van der Waals surface area contributed by atoms with E-state index in [1.54, 1.807) is 0 Å². The third kappa shape index (κ3) is 5.02. The highest BCUT2D eigenvalue weighted by molar-refractivity contribution is 6.30. The summed E-state index contributed by atoms with van der Waals surface area (Å²) in [6, 6.07) is 18.7. The largest absolute Gasteiger partial charge is 0.376 e. The zero-order valence-corrected chi connectivity index (χ0v) is 18.9. The summed E-state index contributed by atoms with van der Waals surface area (Å²) in [6.07, 6.45) is 2.35. The van der Waals surface area contributed by atoms with Crippen molar-refractivity contribution < 1.29 is 4.74 Å². The van der Waals surface area contributed by atoms with E-state index in [1.165, 1.54) is 5.56 Å². The Bertz CT molecular complexity index is 981. The molecule has 32 heavy (non-hydrogen) atoms. The summed E-state index contributed by atoms with van der Waals surface area (Å²) in [5, 5.41) is 13.6. The molecule has 5 rings (SSSR count). The van der Waals surface area contributed by atoms with Crippen LogP contribution in [0.15, 0.2) is 54.6 Å². The number of rotatable bonds is 7. The molecule has 0 saturated carbocycles. The van der Waals surface area contributed by atoms with E-state index in [0.717, 1.165) is 68.6 Å².